The van der Waals surface area contributed by atoms with E-state index in [4.69, 9.17) is 4.18 Å². The molecule has 0 amide bonds. The minimum Gasteiger partial charge on any atom is -0.303 e. The van der Waals surface area contributed by atoms with Crippen LogP contribution in [-0.2, 0) is 14.3 Å². The van der Waals surface area contributed by atoms with Crippen molar-refractivity contribution in [3.63, 3.8) is 0 Å². The first-order chi connectivity index (χ1) is 9.45. The van der Waals surface area contributed by atoms with E-state index in [0.29, 0.717) is 12.0 Å². The molecule has 1 saturated carbocycles. The number of hydrogen-bond acceptors (Lipinski definition) is 4. The summed E-state index contributed by atoms with van der Waals surface area (Å²) in [6.45, 7) is 2.88. The van der Waals surface area contributed by atoms with Gasteiger partial charge >= 0.3 is 0 Å². The van der Waals surface area contributed by atoms with Gasteiger partial charge in [0.25, 0.3) is 10.1 Å². The molecule has 20 heavy (non-hydrogen) atoms. The molecule has 3 fully saturated rings. The normalized spacial score (nSPS) is 30.6. The Morgan fingerprint density at radius 3 is 2.45 bits per heavy atom. The Kier molecular flexibility index (Phi) is 3.60. The van der Waals surface area contributed by atoms with Gasteiger partial charge in [-0.05, 0) is 51.3 Å². The van der Waals surface area contributed by atoms with E-state index in [1.54, 1.807) is 24.3 Å². The summed E-state index contributed by atoms with van der Waals surface area (Å²) in [5, 5.41) is 0. The Morgan fingerprint density at radius 1 is 1.20 bits per heavy atom. The van der Waals surface area contributed by atoms with Gasteiger partial charge in [0.2, 0.25) is 0 Å². The van der Waals surface area contributed by atoms with Gasteiger partial charge in [0, 0.05) is 12.6 Å². The number of piperidine rings is 2. The quantitative estimate of drug-likeness (QED) is 0.802. The van der Waals surface area contributed by atoms with Gasteiger partial charge in [0.15, 0.2) is 0 Å². The topological polar surface area (TPSA) is 46.6 Å². The number of rotatable bonds is 3. The molecule has 1 aliphatic carbocycles. The summed E-state index contributed by atoms with van der Waals surface area (Å²) in [6, 6.07) is 7.32. The molecule has 1 aromatic rings. The second kappa shape index (κ2) is 5.13. The van der Waals surface area contributed by atoms with Crippen LogP contribution in [0.5, 0.6) is 0 Å². The third kappa shape index (κ3) is 2.62. The maximum atomic E-state index is 12.3. The van der Waals surface area contributed by atoms with Crippen LogP contribution in [0, 0.1) is 12.8 Å². The Bertz CT molecular complexity index is 582. The van der Waals surface area contributed by atoms with Gasteiger partial charge in [-0.2, -0.15) is 8.42 Å². The van der Waals surface area contributed by atoms with Gasteiger partial charge in [-0.25, -0.2) is 0 Å². The van der Waals surface area contributed by atoms with E-state index < -0.39 is 10.1 Å². The highest BCUT2D eigenvalue weighted by atomic mass is 32.2. The fourth-order valence-corrected chi connectivity index (χ4v) is 4.48. The van der Waals surface area contributed by atoms with Crippen LogP contribution in [0.2, 0.25) is 0 Å². The van der Waals surface area contributed by atoms with Gasteiger partial charge in [-0.3, -0.25) is 4.18 Å². The molecular formula is C15H21NO3S. The fourth-order valence-electron chi connectivity index (χ4n) is 3.34. The summed E-state index contributed by atoms with van der Waals surface area (Å²) < 4.78 is 30.2. The molecule has 5 heteroatoms. The summed E-state index contributed by atoms with van der Waals surface area (Å²) in [7, 11) is -1.52. The Hall–Kier alpha value is -0.910. The fraction of sp³-hybridized carbons (Fsp3) is 0.600. The first-order valence-corrected chi connectivity index (χ1v) is 8.57. The Labute approximate surface area is 120 Å². The van der Waals surface area contributed by atoms with Crippen LogP contribution in [-0.4, -0.2) is 39.1 Å². The Balaban J connectivity index is 1.76. The maximum Gasteiger partial charge on any atom is 0.297 e. The number of benzene rings is 1. The molecule has 1 aromatic carbocycles. The molecule has 110 valence electrons. The predicted octanol–water partition coefficient (Wildman–Crippen LogP) is 2.18. The van der Waals surface area contributed by atoms with E-state index in [2.05, 4.69) is 11.9 Å². The lowest BCUT2D eigenvalue weighted by Crippen LogP contribution is -2.53. The molecular weight excluding hydrogens is 274 g/mol. The zero-order chi connectivity index (χ0) is 14.3. The van der Waals surface area contributed by atoms with Gasteiger partial charge in [0.1, 0.15) is 0 Å². The van der Waals surface area contributed by atoms with E-state index in [-0.39, 0.29) is 11.0 Å². The Morgan fingerprint density at radius 2 is 1.90 bits per heavy atom. The van der Waals surface area contributed by atoms with E-state index in [1.165, 1.54) is 0 Å². The summed E-state index contributed by atoms with van der Waals surface area (Å²) in [5.74, 6) is 0.338. The van der Waals surface area contributed by atoms with Gasteiger partial charge < -0.3 is 4.90 Å². The van der Waals surface area contributed by atoms with Crippen molar-refractivity contribution in [2.24, 2.45) is 5.92 Å². The standard InChI is InChI=1S/C15H21NO3S/c1-11-3-7-14(8-4-11)20(17,18)19-15-9-13-6-5-12(15)10-16(13)2/h3-4,7-8,12-13,15H,5-6,9-10H2,1-2H3/t12-,13+,15+/m0/s1. The first-order valence-electron chi connectivity index (χ1n) is 7.16. The van der Waals surface area contributed by atoms with E-state index in [9.17, 15) is 8.42 Å². The first kappa shape index (κ1) is 14.0. The molecule has 3 aliphatic rings. The number of fused-ring (bicyclic) bond motifs is 3. The van der Waals surface area contributed by atoms with Crippen molar-refractivity contribution in [1.82, 2.24) is 4.90 Å². The summed E-state index contributed by atoms with van der Waals surface area (Å²) in [5.41, 5.74) is 1.04. The van der Waals surface area contributed by atoms with Crippen LogP contribution in [0.3, 0.4) is 0 Å². The van der Waals surface area contributed by atoms with Gasteiger partial charge in [-0.1, -0.05) is 17.7 Å². The third-order valence-electron chi connectivity index (χ3n) is 4.61. The van der Waals surface area contributed by atoms with Crippen molar-refractivity contribution >= 4 is 10.1 Å². The molecule has 2 aliphatic heterocycles. The van der Waals surface area contributed by atoms with Crippen molar-refractivity contribution in [2.75, 3.05) is 13.6 Å². The van der Waals surface area contributed by atoms with Crippen LogP contribution in [0.25, 0.3) is 0 Å². The molecule has 3 atom stereocenters. The van der Waals surface area contributed by atoms with Crippen LogP contribution in [0.15, 0.2) is 29.2 Å². The second-order valence-corrected chi connectivity index (χ2v) is 7.64. The zero-order valence-corrected chi connectivity index (χ0v) is 12.8. The lowest BCUT2D eigenvalue weighted by atomic mass is 9.78. The van der Waals surface area contributed by atoms with Crippen molar-refractivity contribution in [3.8, 4) is 0 Å². The van der Waals surface area contributed by atoms with Crippen LogP contribution in [0.4, 0.5) is 0 Å². The third-order valence-corrected chi connectivity index (χ3v) is 5.96. The highest BCUT2D eigenvalue weighted by Gasteiger charge is 2.41. The minimum absolute atomic E-state index is 0.156. The molecule has 0 aromatic heterocycles. The van der Waals surface area contributed by atoms with E-state index >= 15 is 0 Å². The van der Waals surface area contributed by atoms with Crippen molar-refractivity contribution in [3.05, 3.63) is 29.8 Å². The maximum absolute atomic E-state index is 12.3. The summed E-state index contributed by atoms with van der Waals surface area (Å²) in [4.78, 5) is 2.59. The number of aryl methyl sites for hydroxylation is 1. The van der Waals surface area contributed by atoms with Crippen molar-refractivity contribution in [1.29, 1.82) is 0 Å². The molecule has 0 N–H and O–H groups in total. The predicted molar refractivity (Wildman–Crippen MR) is 77.0 cm³/mol. The molecule has 4 rings (SSSR count). The number of nitrogens with zero attached hydrogens (tertiary/aromatic N) is 1. The molecule has 0 spiro atoms. The van der Waals surface area contributed by atoms with Crippen LogP contribution >= 0.6 is 0 Å². The number of hydrogen-bond donors (Lipinski definition) is 0. The van der Waals surface area contributed by atoms with Gasteiger partial charge in [-0.15, -0.1) is 0 Å². The van der Waals surface area contributed by atoms with Crippen molar-refractivity contribution in [2.45, 2.75) is 43.2 Å². The second-order valence-electron chi connectivity index (χ2n) is 6.07. The molecule has 4 nitrogen and oxygen atoms in total. The molecule has 0 radical (unpaired) electrons. The monoisotopic (exact) mass is 295 g/mol. The molecule has 2 saturated heterocycles. The average molecular weight is 295 g/mol. The van der Waals surface area contributed by atoms with E-state index in [0.717, 1.165) is 31.4 Å². The summed E-state index contributed by atoms with van der Waals surface area (Å²) in [6.07, 6.45) is 2.90. The highest BCUT2D eigenvalue weighted by molar-refractivity contribution is 7.86. The van der Waals surface area contributed by atoms with Gasteiger partial charge in [0.05, 0.1) is 11.0 Å². The van der Waals surface area contributed by atoms with Crippen LogP contribution in [0.1, 0.15) is 24.8 Å². The average Bonchev–Trinajstić information content (AvgIpc) is 2.40. The SMILES string of the molecule is Cc1ccc(S(=O)(=O)O[C@@H]2C[C@H]3CC[C@H]2CN3C)cc1. The minimum atomic E-state index is -3.64. The molecule has 2 heterocycles. The molecule has 2 bridgehead atoms. The van der Waals surface area contributed by atoms with E-state index in [1.807, 2.05) is 6.92 Å². The zero-order valence-electron chi connectivity index (χ0n) is 12.0. The van der Waals surface area contributed by atoms with Crippen LogP contribution < -0.4 is 0 Å². The summed E-state index contributed by atoms with van der Waals surface area (Å²) >= 11 is 0. The smallest absolute Gasteiger partial charge is 0.297 e. The highest BCUT2D eigenvalue weighted by Crippen LogP contribution is 2.37. The lowest BCUT2D eigenvalue weighted by Gasteiger charge is -2.47. The largest absolute Gasteiger partial charge is 0.303 e. The lowest BCUT2D eigenvalue weighted by molar-refractivity contribution is -0.0216. The van der Waals surface area contributed by atoms with Crippen molar-refractivity contribution < 1.29 is 12.6 Å². The molecule has 0 unspecified atom stereocenters.